The smallest absolute Gasteiger partial charge is 0.248 e. The SMILES string of the molecule is Cc1ccc(Cl)c(OCCN2CCC(c3cc[nH]c(=O)c3)CC2)c1. The van der Waals surface area contributed by atoms with Gasteiger partial charge < -0.3 is 9.72 Å². The van der Waals surface area contributed by atoms with E-state index in [1.165, 1.54) is 0 Å². The Morgan fingerprint density at radius 1 is 1.25 bits per heavy atom. The van der Waals surface area contributed by atoms with Gasteiger partial charge in [0.1, 0.15) is 12.4 Å². The van der Waals surface area contributed by atoms with Crippen LogP contribution >= 0.6 is 11.6 Å². The van der Waals surface area contributed by atoms with Crippen molar-refractivity contribution < 1.29 is 4.74 Å². The number of aryl methyl sites for hydroxylation is 1. The summed E-state index contributed by atoms with van der Waals surface area (Å²) in [5.41, 5.74) is 2.28. The standard InChI is InChI=1S/C19H23ClN2O2/c1-14-2-3-17(20)18(12-14)24-11-10-22-8-5-15(6-9-22)16-4-7-21-19(23)13-16/h2-4,7,12-13,15H,5-6,8-11H2,1H3,(H,21,23). The van der Waals surface area contributed by atoms with Gasteiger partial charge in [-0.3, -0.25) is 9.69 Å². The Bertz CT molecular complexity index is 736. The summed E-state index contributed by atoms with van der Waals surface area (Å²) >= 11 is 6.15. The van der Waals surface area contributed by atoms with E-state index in [1.54, 1.807) is 12.3 Å². The molecule has 0 bridgehead atoms. The third kappa shape index (κ3) is 4.40. The fraction of sp³-hybridized carbons (Fsp3) is 0.421. The zero-order valence-corrected chi connectivity index (χ0v) is 14.7. The Labute approximate surface area is 147 Å². The average molecular weight is 347 g/mol. The van der Waals surface area contributed by atoms with E-state index in [2.05, 4.69) is 9.88 Å². The summed E-state index contributed by atoms with van der Waals surface area (Å²) in [7, 11) is 0. The molecule has 1 aromatic heterocycles. The first-order chi connectivity index (χ1) is 11.6. The molecule has 1 saturated heterocycles. The van der Waals surface area contributed by atoms with E-state index >= 15 is 0 Å². The number of nitrogens with one attached hydrogen (secondary N) is 1. The molecule has 4 nitrogen and oxygen atoms in total. The maximum absolute atomic E-state index is 11.4. The molecule has 0 amide bonds. The third-order valence-corrected chi connectivity index (χ3v) is 4.92. The minimum atomic E-state index is -0.0154. The van der Waals surface area contributed by atoms with Crippen LogP contribution in [0.25, 0.3) is 0 Å². The van der Waals surface area contributed by atoms with Crippen LogP contribution in [0.3, 0.4) is 0 Å². The highest BCUT2D eigenvalue weighted by Crippen LogP contribution is 2.27. The Kier molecular flexibility index (Phi) is 5.59. The predicted molar refractivity (Wildman–Crippen MR) is 97.2 cm³/mol. The number of hydrogen-bond acceptors (Lipinski definition) is 3. The van der Waals surface area contributed by atoms with Crippen molar-refractivity contribution in [3.8, 4) is 5.75 Å². The number of aromatic nitrogens is 1. The zero-order chi connectivity index (χ0) is 16.9. The number of hydrogen-bond donors (Lipinski definition) is 1. The number of pyridine rings is 1. The number of rotatable bonds is 5. The first-order valence-electron chi connectivity index (χ1n) is 8.42. The van der Waals surface area contributed by atoms with E-state index in [4.69, 9.17) is 16.3 Å². The highest BCUT2D eigenvalue weighted by Gasteiger charge is 2.20. The molecular formula is C19H23ClN2O2. The summed E-state index contributed by atoms with van der Waals surface area (Å²) in [4.78, 5) is 16.5. The highest BCUT2D eigenvalue weighted by atomic mass is 35.5. The van der Waals surface area contributed by atoms with Crippen molar-refractivity contribution >= 4 is 11.6 Å². The molecule has 0 spiro atoms. The maximum Gasteiger partial charge on any atom is 0.248 e. The van der Waals surface area contributed by atoms with Gasteiger partial charge in [0.15, 0.2) is 0 Å². The third-order valence-electron chi connectivity index (χ3n) is 4.61. The van der Waals surface area contributed by atoms with Crippen molar-refractivity contribution in [2.24, 2.45) is 0 Å². The summed E-state index contributed by atoms with van der Waals surface area (Å²) in [6.07, 6.45) is 3.90. The van der Waals surface area contributed by atoms with Gasteiger partial charge in [-0.2, -0.15) is 0 Å². The van der Waals surface area contributed by atoms with Crippen molar-refractivity contribution in [2.45, 2.75) is 25.7 Å². The monoisotopic (exact) mass is 346 g/mol. The van der Waals surface area contributed by atoms with E-state index < -0.39 is 0 Å². The van der Waals surface area contributed by atoms with Crippen LogP contribution < -0.4 is 10.3 Å². The summed E-state index contributed by atoms with van der Waals surface area (Å²) in [5, 5.41) is 0.661. The average Bonchev–Trinajstić information content (AvgIpc) is 2.58. The van der Waals surface area contributed by atoms with Gasteiger partial charge in [0.2, 0.25) is 5.56 Å². The molecule has 2 heterocycles. The molecule has 128 valence electrons. The quantitative estimate of drug-likeness (QED) is 0.899. The summed E-state index contributed by atoms with van der Waals surface area (Å²) in [6, 6.07) is 9.57. The van der Waals surface area contributed by atoms with Crippen LogP contribution in [0.1, 0.15) is 29.9 Å². The molecule has 0 atom stereocenters. The lowest BCUT2D eigenvalue weighted by atomic mass is 9.90. The number of H-pyrrole nitrogens is 1. The molecule has 1 aromatic carbocycles. The molecule has 0 radical (unpaired) electrons. The molecule has 1 fully saturated rings. The second-order valence-electron chi connectivity index (χ2n) is 6.38. The molecule has 24 heavy (non-hydrogen) atoms. The number of nitrogens with zero attached hydrogens (tertiary/aromatic N) is 1. The van der Waals surface area contributed by atoms with Gasteiger partial charge >= 0.3 is 0 Å². The Morgan fingerprint density at radius 3 is 2.79 bits per heavy atom. The Morgan fingerprint density at radius 2 is 2.04 bits per heavy atom. The van der Waals surface area contributed by atoms with Crippen molar-refractivity contribution in [1.82, 2.24) is 9.88 Å². The van der Waals surface area contributed by atoms with E-state index in [9.17, 15) is 4.79 Å². The van der Waals surface area contributed by atoms with Crippen LogP contribution in [0.5, 0.6) is 5.75 Å². The molecule has 0 aliphatic carbocycles. The molecule has 1 aliphatic heterocycles. The van der Waals surface area contributed by atoms with Gasteiger partial charge in [-0.05, 0) is 68.1 Å². The van der Waals surface area contributed by atoms with Gasteiger partial charge in [0, 0.05) is 18.8 Å². The minimum Gasteiger partial charge on any atom is -0.491 e. The molecule has 2 aromatic rings. The van der Waals surface area contributed by atoms with Crippen molar-refractivity contribution in [1.29, 1.82) is 0 Å². The zero-order valence-electron chi connectivity index (χ0n) is 13.9. The fourth-order valence-corrected chi connectivity index (χ4v) is 3.38. The van der Waals surface area contributed by atoms with Crippen LogP contribution in [0.15, 0.2) is 41.3 Å². The number of aromatic amines is 1. The normalized spacial score (nSPS) is 16.2. The van der Waals surface area contributed by atoms with Crippen LogP contribution in [0.4, 0.5) is 0 Å². The van der Waals surface area contributed by atoms with Crippen LogP contribution in [-0.2, 0) is 0 Å². The lowest BCUT2D eigenvalue weighted by Crippen LogP contribution is -2.36. The van der Waals surface area contributed by atoms with E-state index in [0.29, 0.717) is 17.5 Å². The predicted octanol–water partition coefficient (Wildman–Crippen LogP) is 3.60. The minimum absolute atomic E-state index is 0.0154. The highest BCUT2D eigenvalue weighted by molar-refractivity contribution is 6.32. The van der Waals surface area contributed by atoms with Crippen molar-refractivity contribution in [2.75, 3.05) is 26.2 Å². The summed E-state index contributed by atoms with van der Waals surface area (Å²) < 4.78 is 5.83. The molecule has 1 N–H and O–H groups in total. The van der Waals surface area contributed by atoms with Gasteiger partial charge in [0.25, 0.3) is 0 Å². The molecule has 1 aliphatic rings. The van der Waals surface area contributed by atoms with E-state index in [1.807, 2.05) is 31.2 Å². The molecule has 0 unspecified atom stereocenters. The lowest BCUT2D eigenvalue weighted by Gasteiger charge is -2.32. The van der Waals surface area contributed by atoms with Crippen LogP contribution in [-0.4, -0.2) is 36.1 Å². The first kappa shape index (κ1) is 17.1. The van der Waals surface area contributed by atoms with E-state index in [-0.39, 0.29) is 5.56 Å². The Balaban J connectivity index is 1.46. The number of benzene rings is 1. The molecule has 0 saturated carbocycles. The van der Waals surface area contributed by atoms with Gasteiger partial charge in [-0.1, -0.05) is 17.7 Å². The largest absolute Gasteiger partial charge is 0.491 e. The van der Waals surface area contributed by atoms with Gasteiger partial charge in [0.05, 0.1) is 5.02 Å². The molecule has 3 rings (SSSR count). The first-order valence-corrected chi connectivity index (χ1v) is 8.79. The van der Waals surface area contributed by atoms with Crippen molar-refractivity contribution in [3.05, 3.63) is 63.0 Å². The topological polar surface area (TPSA) is 45.3 Å². The second-order valence-corrected chi connectivity index (χ2v) is 6.79. The van der Waals surface area contributed by atoms with Gasteiger partial charge in [-0.25, -0.2) is 0 Å². The lowest BCUT2D eigenvalue weighted by molar-refractivity contribution is 0.173. The number of piperidine rings is 1. The summed E-state index contributed by atoms with van der Waals surface area (Å²) in [6.45, 7) is 5.62. The number of likely N-dealkylation sites (tertiary alicyclic amines) is 1. The number of halogens is 1. The van der Waals surface area contributed by atoms with Crippen LogP contribution in [0, 0.1) is 6.92 Å². The number of ether oxygens (including phenoxy) is 1. The maximum atomic E-state index is 11.4. The van der Waals surface area contributed by atoms with E-state index in [0.717, 1.165) is 49.4 Å². The van der Waals surface area contributed by atoms with Gasteiger partial charge in [-0.15, -0.1) is 0 Å². The van der Waals surface area contributed by atoms with Crippen LogP contribution in [0.2, 0.25) is 5.02 Å². The molecule has 5 heteroatoms. The molecular weight excluding hydrogens is 324 g/mol. The second kappa shape index (κ2) is 7.86. The fourth-order valence-electron chi connectivity index (χ4n) is 3.21. The Hall–Kier alpha value is -1.78. The summed E-state index contributed by atoms with van der Waals surface area (Å²) in [5.74, 6) is 1.24. The van der Waals surface area contributed by atoms with Crippen molar-refractivity contribution in [3.63, 3.8) is 0 Å².